The fraction of sp³-hybridized carbons (Fsp3) is 0.0625. The third-order valence-corrected chi connectivity index (χ3v) is 3.96. The fourth-order valence-corrected chi connectivity index (χ4v) is 2.77. The number of hydrogen-bond acceptors (Lipinski definition) is 4. The fourth-order valence-electron chi connectivity index (χ4n) is 2.06. The molecule has 4 nitrogen and oxygen atoms in total. The maximum Gasteiger partial charge on any atom is 0.252 e. The van der Waals surface area contributed by atoms with Gasteiger partial charge in [-0.3, -0.25) is 4.79 Å². The molecule has 5 heteroatoms. The molecule has 1 amide bonds. The van der Waals surface area contributed by atoms with E-state index in [0.29, 0.717) is 23.5 Å². The second kappa shape index (κ2) is 5.85. The van der Waals surface area contributed by atoms with Crippen LogP contribution < -0.4 is 5.73 Å². The van der Waals surface area contributed by atoms with E-state index in [9.17, 15) is 4.79 Å². The lowest BCUT2D eigenvalue weighted by molar-refractivity contribution is 0.0999. The van der Waals surface area contributed by atoms with Crippen LogP contribution in [0.15, 0.2) is 54.0 Å². The summed E-state index contributed by atoms with van der Waals surface area (Å²) in [6.07, 6.45) is 2.10. The number of benzene rings is 1. The summed E-state index contributed by atoms with van der Waals surface area (Å²) in [6.45, 7) is 0. The maximum absolute atomic E-state index is 11.5. The molecule has 2 heterocycles. The van der Waals surface area contributed by atoms with Crippen molar-refractivity contribution in [2.24, 2.45) is 5.73 Å². The summed E-state index contributed by atoms with van der Waals surface area (Å²) in [5.74, 6) is 0.105. The predicted molar refractivity (Wildman–Crippen MR) is 83.1 cm³/mol. The molecule has 0 unspecified atom stereocenters. The zero-order valence-corrected chi connectivity index (χ0v) is 12.0. The molecule has 0 bridgehead atoms. The minimum atomic E-state index is -0.499. The Kier molecular flexibility index (Phi) is 3.75. The molecule has 21 heavy (non-hydrogen) atoms. The van der Waals surface area contributed by atoms with Crippen molar-refractivity contribution in [2.75, 3.05) is 0 Å². The van der Waals surface area contributed by atoms with Gasteiger partial charge in [0.2, 0.25) is 0 Å². The summed E-state index contributed by atoms with van der Waals surface area (Å²) in [6, 6.07) is 13.7. The first kappa shape index (κ1) is 13.5. The maximum atomic E-state index is 11.5. The van der Waals surface area contributed by atoms with E-state index in [1.165, 1.54) is 6.20 Å². The van der Waals surface area contributed by atoms with Gasteiger partial charge in [0.25, 0.3) is 5.91 Å². The van der Waals surface area contributed by atoms with Gasteiger partial charge in [-0.2, -0.15) is 0 Å². The van der Waals surface area contributed by atoms with E-state index in [0.717, 1.165) is 10.4 Å². The lowest BCUT2D eigenvalue weighted by atomic mass is 10.1. The largest absolute Gasteiger partial charge is 0.365 e. The van der Waals surface area contributed by atoms with E-state index in [4.69, 9.17) is 5.73 Å². The van der Waals surface area contributed by atoms with Crippen molar-refractivity contribution < 1.29 is 4.79 Å². The topological polar surface area (TPSA) is 68.9 Å². The van der Waals surface area contributed by atoms with Crippen LogP contribution in [0.1, 0.15) is 20.9 Å². The van der Waals surface area contributed by atoms with Gasteiger partial charge >= 0.3 is 0 Å². The molecule has 2 N–H and O–H groups in total. The van der Waals surface area contributed by atoms with Gasteiger partial charge < -0.3 is 5.73 Å². The van der Waals surface area contributed by atoms with Crippen LogP contribution in [-0.2, 0) is 6.42 Å². The Balaban J connectivity index is 2.04. The lowest BCUT2D eigenvalue weighted by Crippen LogP contribution is -2.16. The SMILES string of the molecule is NC(=O)c1cnc(-c2ccccc2)nc1Cc1cccs1. The van der Waals surface area contributed by atoms with E-state index < -0.39 is 5.91 Å². The number of thiophene rings is 1. The molecular formula is C16H13N3OS. The van der Waals surface area contributed by atoms with Crippen molar-refractivity contribution in [3.63, 3.8) is 0 Å². The normalized spacial score (nSPS) is 10.5. The van der Waals surface area contributed by atoms with Crippen LogP contribution in [0.25, 0.3) is 11.4 Å². The van der Waals surface area contributed by atoms with Gasteiger partial charge in [0, 0.05) is 23.1 Å². The van der Waals surface area contributed by atoms with Crippen LogP contribution in [0.5, 0.6) is 0 Å². The number of primary amides is 1. The molecule has 104 valence electrons. The first-order valence-corrected chi connectivity index (χ1v) is 7.35. The molecule has 0 atom stereocenters. The molecule has 3 aromatic rings. The summed E-state index contributed by atoms with van der Waals surface area (Å²) < 4.78 is 0. The van der Waals surface area contributed by atoms with Crippen LogP contribution in [0.3, 0.4) is 0 Å². The average molecular weight is 295 g/mol. The average Bonchev–Trinajstić information content (AvgIpc) is 3.01. The highest BCUT2D eigenvalue weighted by atomic mass is 32.1. The molecule has 1 aromatic carbocycles. The summed E-state index contributed by atoms with van der Waals surface area (Å²) in [5, 5.41) is 2.00. The van der Waals surface area contributed by atoms with Crippen LogP contribution >= 0.6 is 11.3 Å². The number of nitrogens with zero attached hydrogens (tertiary/aromatic N) is 2. The second-order valence-corrected chi connectivity index (χ2v) is 5.57. The van der Waals surface area contributed by atoms with Crippen molar-refractivity contribution >= 4 is 17.2 Å². The molecule has 0 aliphatic rings. The number of nitrogens with two attached hydrogens (primary N) is 1. The Bertz CT molecular complexity index is 754. The van der Waals surface area contributed by atoms with Crippen LogP contribution in [0.4, 0.5) is 0 Å². The van der Waals surface area contributed by atoms with Crippen molar-refractivity contribution in [3.8, 4) is 11.4 Å². The van der Waals surface area contributed by atoms with Crippen molar-refractivity contribution in [2.45, 2.75) is 6.42 Å². The smallest absolute Gasteiger partial charge is 0.252 e. The minimum absolute atomic E-state index is 0.378. The Morgan fingerprint density at radius 2 is 1.95 bits per heavy atom. The van der Waals surface area contributed by atoms with Crippen LogP contribution in [0.2, 0.25) is 0 Å². The molecule has 2 aromatic heterocycles. The van der Waals surface area contributed by atoms with Crippen LogP contribution in [-0.4, -0.2) is 15.9 Å². The zero-order chi connectivity index (χ0) is 14.7. The molecule has 0 aliphatic heterocycles. The van der Waals surface area contributed by atoms with Gasteiger partial charge in [0.1, 0.15) is 0 Å². The molecule has 0 spiro atoms. The molecule has 0 radical (unpaired) electrons. The molecule has 0 saturated heterocycles. The van der Waals surface area contributed by atoms with Gasteiger partial charge in [-0.15, -0.1) is 11.3 Å². The quantitative estimate of drug-likeness (QED) is 0.804. The predicted octanol–water partition coefficient (Wildman–Crippen LogP) is 2.89. The van der Waals surface area contributed by atoms with Crippen LogP contribution in [0, 0.1) is 0 Å². The third kappa shape index (κ3) is 2.98. The third-order valence-electron chi connectivity index (χ3n) is 3.09. The summed E-state index contributed by atoms with van der Waals surface area (Å²) in [4.78, 5) is 21.5. The van der Waals surface area contributed by atoms with E-state index in [2.05, 4.69) is 9.97 Å². The second-order valence-electron chi connectivity index (χ2n) is 4.54. The number of hydrogen-bond donors (Lipinski definition) is 1. The number of aromatic nitrogens is 2. The van der Waals surface area contributed by atoms with Crippen molar-refractivity contribution in [1.82, 2.24) is 9.97 Å². The number of carbonyl (C=O) groups excluding carboxylic acids is 1. The Morgan fingerprint density at radius 3 is 2.62 bits per heavy atom. The molecule has 0 saturated carbocycles. The molecular weight excluding hydrogens is 282 g/mol. The highest BCUT2D eigenvalue weighted by Crippen LogP contribution is 2.20. The number of amides is 1. The minimum Gasteiger partial charge on any atom is -0.365 e. The molecule has 3 rings (SSSR count). The number of carbonyl (C=O) groups is 1. The highest BCUT2D eigenvalue weighted by molar-refractivity contribution is 7.09. The first-order valence-electron chi connectivity index (χ1n) is 6.47. The molecule has 0 fully saturated rings. The van der Waals surface area contributed by atoms with E-state index in [1.807, 2.05) is 47.8 Å². The zero-order valence-electron chi connectivity index (χ0n) is 11.2. The number of rotatable bonds is 4. The van der Waals surface area contributed by atoms with Gasteiger partial charge in [0.15, 0.2) is 5.82 Å². The van der Waals surface area contributed by atoms with E-state index in [-0.39, 0.29) is 0 Å². The lowest BCUT2D eigenvalue weighted by Gasteiger charge is -2.07. The van der Waals surface area contributed by atoms with Gasteiger partial charge in [-0.1, -0.05) is 36.4 Å². The summed E-state index contributed by atoms with van der Waals surface area (Å²) in [7, 11) is 0. The van der Waals surface area contributed by atoms with Crippen molar-refractivity contribution in [3.05, 3.63) is 70.2 Å². The Labute approximate surface area is 126 Å². The van der Waals surface area contributed by atoms with Gasteiger partial charge in [0.05, 0.1) is 11.3 Å². The van der Waals surface area contributed by atoms with Gasteiger partial charge in [-0.05, 0) is 11.4 Å². The first-order chi connectivity index (χ1) is 10.2. The Hall–Kier alpha value is -2.53. The standard InChI is InChI=1S/C16H13N3OS/c17-15(20)13-10-18-16(11-5-2-1-3-6-11)19-14(13)9-12-7-4-8-21-12/h1-8,10H,9H2,(H2,17,20). The summed E-state index contributed by atoms with van der Waals surface area (Å²) in [5.41, 5.74) is 7.38. The van der Waals surface area contributed by atoms with E-state index in [1.54, 1.807) is 11.3 Å². The van der Waals surface area contributed by atoms with Crippen molar-refractivity contribution in [1.29, 1.82) is 0 Å². The van der Waals surface area contributed by atoms with Gasteiger partial charge in [-0.25, -0.2) is 9.97 Å². The molecule has 0 aliphatic carbocycles. The monoisotopic (exact) mass is 295 g/mol. The highest BCUT2D eigenvalue weighted by Gasteiger charge is 2.13. The Morgan fingerprint density at radius 1 is 1.14 bits per heavy atom. The van der Waals surface area contributed by atoms with E-state index >= 15 is 0 Å². The summed E-state index contributed by atoms with van der Waals surface area (Å²) >= 11 is 1.63.